The van der Waals surface area contributed by atoms with Crippen LogP contribution in [0, 0.1) is 0 Å². The average molecular weight is 305 g/mol. The van der Waals surface area contributed by atoms with Gasteiger partial charge in [0.05, 0.1) is 11.0 Å². The number of rotatable bonds is 5. The largest absolute Gasteiger partial charge is 0.359 e. The second-order valence-electron chi connectivity index (χ2n) is 6.17. The SMILES string of the molecule is CCN(CC)CCc1c[nH]c2c1ccc1c3ccccc3[nH]c12. The summed E-state index contributed by atoms with van der Waals surface area (Å²) in [6.07, 6.45) is 3.27. The molecule has 2 aromatic heterocycles. The number of nitrogens with zero attached hydrogens (tertiary/aromatic N) is 1. The Balaban J connectivity index is 1.79. The van der Waals surface area contributed by atoms with Crippen LogP contribution in [0.2, 0.25) is 0 Å². The van der Waals surface area contributed by atoms with Gasteiger partial charge in [0.2, 0.25) is 0 Å². The molecule has 0 amide bonds. The highest BCUT2D eigenvalue weighted by molar-refractivity contribution is 6.16. The van der Waals surface area contributed by atoms with Gasteiger partial charge in [-0.15, -0.1) is 0 Å². The minimum atomic E-state index is 1.09. The predicted molar refractivity (Wildman–Crippen MR) is 99.2 cm³/mol. The Morgan fingerprint density at radius 2 is 1.65 bits per heavy atom. The minimum Gasteiger partial charge on any atom is -0.359 e. The number of likely N-dealkylation sites (N-methyl/N-ethyl adjacent to an activating group) is 1. The first-order chi connectivity index (χ1) is 11.3. The maximum absolute atomic E-state index is 3.58. The van der Waals surface area contributed by atoms with E-state index in [2.05, 4.69) is 71.3 Å². The summed E-state index contributed by atoms with van der Waals surface area (Å²) in [6.45, 7) is 7.81. The molecule has 3 heteroatoms. The van der Waals surface area contributed by atoms with Crippen molar-refractivity contribution in [2.75, 3.05) is 19.6 Å². The number of aromatic amines is 2. The van der Waals surface area contributed by atoms with Crippen LogP contribution in [0.1, 0.15) is 19.4 Å². The predicted octanol–water partition coefficient (Wildman–Crippen LogP) is 4.69. The Bertz CT molecular complexity index is 957. The maximum atomic E-state index is 3.58. The van der Waals surface area contributed by atoms with Crippen molar-refractivity contribution < 1.29 is 0 Å². The molecule has 0 atom stereocenters. The lowest BCUT2D eigenvalue weighted by atomic mass is 10.1. The van der Waals surface area contributed by atoms with E-state index >= 15 is 0 Å². The van der Waals surface area contributed by atoms with E-state index < -0.39 is 0 Å². The molecule has 0 aliphatic carbocycles. The van der Waals surface area contributed by atoms with Gasteiger partial charge >= 0.3 is 0 Å². The average Bonchev–Trinajstić information content (AvgIpc) is 3.16. The van der Waals surface area contributed by atoms with Gasteiger partial charge in [0, 0.05) is 34.4 Å². The van der Waals surface area contributed by atoms with Crippen molar-refractivity contribution in [1.29, 1.82) is 0 Å². The van der Waals surface area contributed by atoms with Gasteiger partial charge in [0.25, 0.3) is 0 Å². The van der Waals surface area contributed by atoms with Crippen LogP contribution < -0.4 is 0 Å². The zero-order valence-electron chi connectivity index (χ0n) is 13.8. The molecule has 2 N–H and O–H groups in total. The lowest BCUT2D eigenvalue weighted by Gasteiger charge is -2.17. The van der Waals surface area contributed by atoms with Crippen LogP contribution >= 0.6 is 0 Å². The summed E-state index contributed by atoms with van der Waals surface area (Å²) in [5.74, 6) is 0. The van der Waals surface area contributed by atoms with Gasteiger partial charge in [0.15, 0.2) is 0 Å². The van der Waals surface area contributed by atoms with E-state index in [0.717, 1.165) is 26.1 Å². The van der Waals surface area contributed by atoms with Crippen LogP contribution in [0.15, 0.2) is 42.6 Å². The summed E-state index contributed by atoms with van der Waals surface area (Å²) in [4.78, 5) is 9.55. The van der Waals surface area contributed by atoms with Crippen LogP contribution in [0.5, 0.6) is 0 Å². The van der Waals surface area contributed by atoms with Crippen molar-refractivity contribution in [2.45, 2.75) is 20.3 Å². The molecule has 0 fully saturated rings. The Kier molecular flexibility index (Phi) is 3.58. The second kappa shape index (κ2) is 5.74. The van der Waals surface area contributed by atoms with Crippen molar-refractivity contribution in [3.05, 3.63) is 48.2 Å². The van der Waals surface area contributed by atoms with Crippen molar-refractivity contribution in [3.8, 4) is 0 Å². The van der Waals surface area contributed by atoms with E-state index in [4.69, 9.17) is 0 Å². The molecule has 0 spiro atoms. The first kappa shape index (κ1) is 14.3. The van der Waals surface area contributed by atoms with Gasteiger partial charge in [0.1, 0.15) is 0 Å². The number of nitrogens with one attached hydrogen (secondary N) is 2. The third-order valence-electron chi connectivity index (χ3n) is 5.01. The monoisotopic (exact) mass is 305 g/mol. The molecule has 0 aliphatic heterocycles. The molecule has 0 unspecified atom stereocenters. The first-order valence-electron chi connectivity index (χ1n) is 8.53. The van der Waals surface area contributed by atoms with Crippen LogP contribution in [-0.2, 0) is 6.42 Å². The van der Waals surface area contributed by atoms with Gasteiger partial charge in [-0.3, -0.25) is 0 Å². The van der Waals surface area contributed by atoms with Crippen molar-refractivity contribution >= 4 is 32.7 Å². The Hall–Kier alpha value is -2.26. The topological polar surface area (TPSA) is 34.8 Å². The van der Waals surface area contributed by atoms with Crippen LogP contribution in [0.4, 0.5) is 0 Å². The van der Waals surface area contributed by atoms with E-state index in [1.54, 1.807) is 0 Å². The smallest absolute Gasteiger partial charge is 0.0710 e. The van der Waals surface area contributed by atoms with Gasteiger partial charge in [-0.05, 0) is 31.1 Å². The lowest BCUT2D eigenvalue weighted by Crippen LogP contribution is -2.25. The zero-order valence-corrected chi connectivity index (χ0v) is 13.8. The maximum Gasteiger partial charge on any atom is 0.0710 e. The zero-order chi connectivity index (χ0) is 15.8. The molecule has 0 radical (unpaired) electrons. The molecule has 23 heavy (non-hydrogen) atoms. The van der Waals surface area contributed by atoms with Crippen molar-refractivity contribution in [1.82, 2.24) is 14.9 Å². The van der Waals surface area contributed by atoms with E-state index in [1.807, 2.05) is 0 Å². The number of para-hydroxylation sites is 1. The standard InChI is InChI=1S/C20H23N3/c1-3-23(4-2)12-11-14-13-21-19-15(14)9-10-17-16-7-5-6-8-18(16)22-20(17)19/h5-10,13,21-22H,3-4,11-12H2,1-2H3. The highest BCUT2D eigenvalue weighted by Gasteiger charge is 2.11. The molecule has 2 heterocycles. The molecule has 0 saturated carbocycles. The molecule has 0 saturated heterocycles. The number of benzene rings is 2. The van der Waals surface area contributed by atoms with Crippen molar-refractivity contribution in [3.63, 3.8) is 0 Å². The van der Waals surface area contributed by atoms with Gasteiger partial charge in [-0.2, -0.15) is 0 Å². The molecule has 2 aromatic carbocycles. The number of hydrogen-bond acceptors (Lipinski definition) is 1. The van der Waals surface area contributed by atoms with E-state index in [0.29, 0.717) is 0 Å². The highest BCUT2D eigenvalue weighted by Crippen LogP contribution is 2.32. The van der Waals surface area contributed by atoms with E-state index in [-0.39, 0.29) is 0 Å². The van der Waals surface area contributed by atoms with Crippen LogP contribution in [0.25, 0.3) is 32.7 Å². The first-order valence-corrected chi connectivity index (χ1v) is 8.53. The van der Waals surface area contributed by atoms with Gasteiger partial charge in [-0.1, -0.05) is 44.2 Å². The summed E-state index contributed by atoms with van der Waals surface area (Å²) in [6, 6.07) is 13.0. The summed E-state index contributed by atoms with van der Waals surface area (Å²) in [7, 11) is 0. The highest BCUT2D eigenvalue weighted by atomic mass is 15.1. The minimum absolute atomic E-state index is 1.09. The van der Waals surface area contributed by atoms with Crippen molar-refractivity contribution in [2.24, 2.45) is 0 Å². The van der Waals surface area contributed by atoms with Gasteiger partial charge < -0.3 is 14.9 Å². The van der Waals surface area contributed by atoms with Gasteiger partial charge in [-0.25, -0.2) is 0 Å². The summed E-state index contributed by atoms with van der Waals surface area (Å²) in [5.41, 5.74) is 5.06. The second-order valence-corrected chi connectivity index (χ2v) is 6.17. The summed E-state index contributed by atoms with van der Waals surface area (Å²) < 4.78 is 0. The molecule has 0 bridgehead atoms. The molecule has 4 rings (SSSR count). The third kappa shape index (κ3) is 2.32. The molecule has 0 aliphatic rings. The third-order valence-corrected chi connectivity index (χ3v) is 5.01. The Morgan fingerprint density at radius 1 is 0.870 bits per heavy atom. The normalized spacial score (nSPS) is 12.1. The number of H-pyrrole nitrogens is 2. The van der Waals surface area contributed by atoms with Crippen LogP contribution in [0.3, 0.4) is 0 Å². The molecular weight excluding hydrogens is 282 g/mol. The van der Waals surface area contributed by atoms with E-state index in [1.165, 1.54) is 38.3 Å². The molecule has 118 valence electrons. The number of fused-ring (bicyclic) bond motifs is 5. The fourth-order valence-corrected chi connectivity index (χ4v) is 3.60. The fourth-order valence-electron chi connectivity index (χ4n) is 3.60. The molecular formula is C20H23N3. The number of aromatic nitrogens is 2. The molecule has 4 aromatic rings. The summed E-state index contributed by atoms with van der Waals surface area (Å²) >= 11 is 0. The quantitative estimate of drug-likeness (QED) is 0.551. The Morgan fingerprint density at radius 3 is 2.48 bits per heavy atom. The van der Waals surface area contributed by atoms with E-state index in [9.17, 15) is 0 Å². The lowest BCUT2D eigenvalue weighted by molar-refractivity contribution is 0.308. The molecule has 3 nitrogen and oxygen atoms in total. The fraction of sp³-hybridized carbons (Fsp3) is 0.300. The number of hydrogen-bond donors (Lipinski definition) is 2. The summed E-state index contributed by atoms with van der Waals surface area (Å²) in [5, 5.41) is 3.94. The van der Waals surface area contributed by atoms with Crippen LogP contribution in [-0.4, -0.2) is 34.5 Å². The Labute approximate surface area is 136 Å².